The van der Waals surface area contributed by atoms with Crippen molar-refractivity contribution in [2.24, 2.45) is 5.73 Å². The predicted octanol–water partition coefficient (Wildman–Crippen LogP) is 14.2. The summed E-state index contributed by atoms with van der Waals surface area (Å²) in [6.07, 6.45) is 56.4. The summed E-state index contributed by atoms with van der Waals surface area (Å²) in [6, 6.07) is 0. The summed E-state index contributed by atoms with van der Waals surface area (Å²) >= 11 is 0. The molecule has 9 nitrogen and oxygen atoms in total. The van der Waals surface area contributed by atoms with Gasteiger partial charge in [-0.15, -0.1) is 0 Å². The van der Waals surface area contributed by atoms with E-state index < -0.39 is 26.5 Å². The third-order valence-electron chi connectivity index (χ3n) is 9.86. The molecule has 0 amide bonds. The molecule has 0 rings (SSSR count). The van der Waals surface area contributed by atoms with Crippen LogP contribution in [0.1, 0.15) is 200 Å². The number of nitrogens with two attached hydrogens (primary N) is 1. The molecule has 0 heterocycles. The third kappa shape index (κ3) is 45.0. The molecule has 2 atom stereocenters. The van der Waals surface area contributed by atoms with Crippen molar-refractivity contribution in [1.82, 2.24) is 0 Å². The van der Waals surface area contributed by atoms with Crippen LogP contribution >= 0.6 is 7.82 Å². The summed E-state index contributed by atoms with van der Waals surface area (Å²) < 4.78 is 32.8. The van der Waals surface area contributed by atoms with E-state index in [9.17, 15) is 19.0 Å². The molecule has 0 bridgehead atoms. The molecule has 0 saturated carbocycles. The first-order valence-electron chi connectivity index (χ1n) is 23.9. The number of esters is 2. The summed E-state index contributed by atoms with van der Waals surface area (Å²) in [5.74, 6) is -0.845. The number of hydrogen-bond acceptors (Lipinski definition) is 8. The zero-order chi connectivity index (χ0) is 43.9. The van der Waals surface area contributed by atoms with Crippen molar-refractivity contribution in [3.8, 4) is 0 Å². The molecule has 0 saturated heterocycles. The van der Waals surface area contributed by atoms with Gasteiger partial charge >= 0.3 is 19.8 Å². The summed E-state index contributed by atoms with van der Waals surface area (Å²) in [7, 11) is -4.39. The van der Waals surface area contributed by atoms with Gasteiger partial charge in [0.2, 0.25) is 0 Å². The van der Waals surface area contributed by atoms with E-state index in [1.165, 1.54) is 70.6 Å². The highest BCUT2D eigenvalue weighted by Gasteiger charge is 2.26. The van der Waals surface area contributed by atoms with E-state index in [-0.39, 0.29) is 38.6 Å². The third-order valence-corrected chi connectivity index (χ3v) is 10.8. The Labute approximate surface area is 367 Å². The van der Waals surface area contributed by atoms with Crippen molar-refractivity contribution in [1.29, 1.82) is 0 Å². The van der Waals surface area contributed by atoms with Gasteiger partial charge in [0.15, 0.2) is 6.10 Å². The van der Waals surface area contributed by atoms with Gasteiger partial charge in [-0.25, -0.2) is 4.57 Å². The Morgan fingerprint density at radius 1 is 0.517 bits per heavy atom. The minimum atomic E-state index is -4.39. The highest BCUT2D eigenvalue weighted by Crippen LogP contribution is 2.43. The highest BCUT2D eigenvalue weighted by atomic mass is 31.2. The van der Waals surface area contributed by atoms with Crippen LogP contribution in [0.4, 0.5) is 0 Å². The maximum absolute atomic E-state index is 12.6. The van der Waals surface area contributed by atoms with E-state index in [1.54, 1.807) is 0 Å². The Morgan fingerprint density at radius 3 is 1.37 bits per heavy atom. The van der Waals surface area contributed by atoms with Crippen molar-refractivity contribution < 1.29 is 37.6 Å². The predicted molar refractivity (Wildman–Crippen MR) is 252 cm³/mol. The van der Waals surface area contributed by atoms with Crippen LogP contribution in [-0.2, 0) is 32.7 Å². The van der Waals surface area contributed by atoms with Crippen LogP contribution in [0.2, 0.25) is 0 Å². The van der Waals surface area contributed by atoms with E-state index in [1.807, 2.05) is 0 Å². The summed E-state index contributed by atoms with van der Waals surface area (Å²) in [4.78, 5) is 35.0. The van der Waals surface area contributed by atoms with Gasteiger partial charge in [0, 0.05) is 19.4 Å². The molecule has 0 radical (unpaired) electrons. The van der Waals surface area contributed by atoms with Crippen molar-refractivity contribution >= 4 is 19.8 Å². The van der Waals surface area contributed by atoms with E-state index in [4.69, 9.17) is 24.3 Å². The molecule has 0 aromatic heterocycles. The van der Waals surface area contributed by atoms with Crippen molar-refractivity contribution in [2.75, 3.05) is 26.4 Å². The zero-order valence-electron chi connectivity index (χ0n) is 38.2. The van der Waals surface area contributed by atoms with Crippen molar-refractivity contribution in [3.05, 3.63) is 72.9 Å². The van der Waals surface area contributed by atoms with Gasteiger partial charge in [-0.05, 0) is 64.2 Å². The lowest BCUT2D eigenvalue weighted by Gasteiger charge is -2.19. The van der Waals surface area contributed by atoms with Crippen molar-refractivity contribution in [2.45, 2.75) is 206 Å². The van der Waals surface area contributed by atoms with Gasteiger partial charge in [-0.3, -0.25) is 18.6 Å². The summed E-state index contributed by atoms with van der Waals surface area (Å²) in [6.45, 7) is 3.60. The Bertz CT molecular complexity index is 1210. The van der Waals surface area contributed by atoms with Crippen LogP contribution in [0.25, 0.3) is 0 Å². The quantitative estimate of drug-likeness (QED) is 0.0266. The molecule has 0 aliphatic heterocycles. The molecular weight excluding hydrogens is 774 g/mol. The second kappa shape index (κ2) is 46.0. The fraction of sp³-hybridized carbons (Fsp3) is 0.720. The first kappa shape index (κ1) is 57.4. The maximum atomic E-state index is 12.6. The Balaban J connectivity index is 4.13. The Hall–Kier alpha value is -2.55. The average Bonchev–Trinajstić information content (AvgIpc) is 3.24. The SMILES string of the molecule is CC/C=C\C/C=C\C/C=C\C/C=C\C/C=C\C/C=C\CCCCCCCCC(=O)OC(COC(=O)CCCCCCCCCCCCCCCC)COP(=O)(O)OCCN. The second-order valence-electron chi connectivity index (χ2n) is 15.6. The Morgan fingerprint density at radius 2 is 0.917 bits per heavy atom. The second-order valence-corrected chi connectivity index (χ2v) is 17.1. The molecule has 0 aromatic carbocycles. The molecule has 0 aliphatic rings. The molecule has 2 unspecified atom stereocenters. The monoisotopic (exact) mass is 862 g/mol. The molecule has 0 aliphatic carbocycles. The standard InChI is InChI=1S/C50H88NO8P/c1-3-5-7-9-11-13-15-17-19-20-21-22-23-24-25-26-27-28-29-31-33-35-37-39-41-43-50(53)59-48(47-58-60(54,55)57-45-44-51)46-56-49(52)42-40-38-36-34-32-30-18-16-14-12-10-8-6-4-2/h5,7,11,13,17,19,21-22,24-25,27-28,48H,3-4,6,8-10,12,14-16,18,20,23,26,29-47,51H2,1-2H3,(H,54,55)/b7-5-,13-11-,19-17-,22-21-,25-24-,28-27-. The van der Waals surface area contributed by atoms with E-state index in [0.717, 1.165) is 96.3 Å². The van der Waals surface area contributed by atoms with Crippen LogP contribution in [0.3, 0.4) is 0 Å². The smallest absolute Gasteiger partial charge is 0.462 e. The molecule has 0 spiro atoms. The molecule has 0 fully saturated rings. The number of phosphoric ester groups is 1. The van der Waals surface area contributed by atoms with E-state index in [2.05, 4.69) is 86.8 Å². The topological polar surface area (TPSA) is 134 Å². The fourth-order valence-corrected chi connectivity index (χ4v) is 7.11. The van der Waals surface area contributed by atoms with Gasteiger partial charge in [0.1, 0.15) is 6.61 Å². The van der Waals surface area contributed by atoms with Gasteiger partial charge < -0.3 is 20.1 Å². The number of carbonyl (C=O) groups excluding carboxylic acids is 2. The number of ether oxygens (including phenoxy) is 2. The molecule has 10 heteroatoms. The normalized spacial score (nSPS) is 13.9. The van der Waals surface area contributed by atoms with Crippen LogP contribution in [0.5, 0.6) is 0 Å². The summed E-state index contributed by atoms with van der Waals surface area (Å²) in [5.41, 5.74) is 5.36. The molecule has 60 heavy (non-hydrogen) atoms. The van der Waals surface area contributed by atoms with Crippen LogP contribution in [0.15, 0.2) is 72.9 Å². The summed E-state index contributed by atoms with van der Waals surface area (Å²) in [5, 5.41) is 0. The first-order valence-corrected chi connectivity index (χ1v) is 25.4. The van der Waals surface area contributed by atoms with Crippen LogP contribution in [0, 0.1) is 0 Å². The molecule has 346 valence electrons. The van der Waals surface area contributed by atoms with Gasteiger partial charge in [0.05, 0.1) is 13.2 Å². The number of hydrogen-bond donors (Lipinski definition) is 2. The van der Waals surface area contributed by atoms with Gasteiger partial charge in [-0.1, -0.05) is 196 Å². The van der Waals surface area contributed by atoms with Crippen molar-refractivity contribution in [3.63, 3.8) is 0 Å². The van der Waals surface area contributed by atoms with Gasteiger partial charge in [-0.2, -0.15) is 0 Å². The lowest BCUT2D eigenvalue weighted by molar-refractivity contribution is -0.161. The zero-order valence-corrected chi connectivity index (χ0v) is 39.1. The number of phosphoric acid groups is 1. The largest absolute Gasteiger partial charge is 0.472 e. The van der Waals surface area contributed by atoms with Crippen LogP contribution < -0.4 is 5.73 Å². The molecule has 0 aromatic rings. The highest BCUT2D eigenvalue weighted by molar-refractivity contribution is 7.47. The number of unbranched alkanes of at least 4 members (excludes halogenated alkanes) is 19. The lowest BCUT2D eigenvalue weighted by Crippen LogP contribution is -2.29. The Kier molecular flexibility index (Phi) is 44.0. The first-order chi connectivity index (χ1) is 29.3. The van der Waals surface area contributed by atoms with E-state index in [0.29, 0.717) is 6.42 Å². The van der Waals surface area contributed by atoms with Gasteiger partial charge in [0.25, 0.3) is 0 Å². The van der Waals surface area contributed by atoms with E-state index >= 15 is 0 Å². The average molecular weight is 862 g/mol. The molecule has 3 N–H and O–H groups in total. The number of carbonyl (C=O) groups is 2. The number of rotatable bonds is 44. The minimum Gasteiger partial charge on any atom is -0.462 e. The minimum absolute atomic E-state index is 0.0483. The fourth-order valence-electron chi connectivity index (χ4n) is 6.34. The lowest BCUT2D eigenvalue weighted by atomic mass is 10.0. The van der Waals surface area contributed by atoms with Crippen LogP contribution in [-0.4, -0.2) is 49.3 Å². The maximum Gasteiger partial charge on any atom is 0.472 e. The molecular formula is C50H88NO8P. The number of allylic oxidation sites excluding steroid dienone is 12.